The van der Waals surface area contributed by atoms with Crippen LogP contribution in [0.5, 0.6) is 0 Å². The average Bonchev–Trinajstić information content (AvgIpc) is 3.11. The van der Waals surface area contributed by atoms with E-state index in [1.807, 2.05) is 19.9 Å². The number of hydrogen-bond donors (Lipinski definition) is 2. The largest absolute Gasteiger partial charge is 0.484 e. The Kier molecular flexibility index (Phi) is 7.21. The van der Waals surface area contributed by atoms with E-state index in [0.717, 1.165) is 4.90 Å². The predicted molar refractivity (Wildman–Crippen MR) is 94.5 cm³/mol. The molecule has 140 valence electrons. The van der Waals surface area contributed by atoms with Crippen LogP contribution in [0.1, 0.15) is 27.7 Å². The highest BCUT2D eigenvalue weighted by Crippen LogP contribution is 2.59. The molecule has 1 saturated carbocycles. The SMILES string of the molecule is C#CCN(C(C)=N)C(=O)NCOC(=O)[C@@H]1[C@@H](/C=C(\C#N)OCC)C1(C)C. The van der Waals surface area contributed by atoms with Crippen molar-refractivity contribution in [3.8, 4) is 18.4 Å². The first kappa shape index (κ1) is 21.0. The smallest absolute Gasteiger partial charge is 0.326 e. The number of nitriles is 1. The molecule has 2 N–H and O–H groups in total. The maximum Gasteiger partial charge on any atom is 0.326 e. The Balaban J connectivity index is 2.59. The molecule has 8 nitrogen and oxygen atoms in total. The van der Waals surface area contributed by atoms with Gasteiger partial charge >= 0.3 is 12.0 Å². The van der Waals surface area contributed by atoms with Crippen LogP contribution in [0, 0.1) is 46.3 Å². The lowest BCUT2D eigenvalue weighted by Crippen LogP contribution is -2.43. The number of esters is 1. The highest BCUT2D eigenvalue weighted by Gasteiger charge is 2.61. The Bertz CT molecular complexity index is 684. The van der Waals surface area contributed by atoms with Gasteiger partial charge in [0.25, 0.3) is 0 Å². The van der Waals surface area contributed by atoms with Crippen molar-refractivity contribution in [2.24, 2.45) is 17.3 Å². The number of urea groups is 1. The summed E-state index contributed by atoms with van der Waals surface area (Å²) < 4.78 is 10.3. The van der Waals surface area contributed by atoms with Gasteiger partial charge in [-0.25, -0.2) is 4.79 Å². The second kappa shape index (κ2) is 8.91. The minimum Gasteiger partial charge on any atom is -0.484 e. The second-order valence-electron chi connectivity index (χ2n) is 6.37. The number of nitrogens with zero attached hydrogens (tertiary/aromatic N) is 2. The number of nitrogens with one attached hydrogen (secondary N) is 2. The summed E-state index contributed by atoms with van der Waals surface area (Å²) in [5, 5.41) is 18.9. The fourth-order valence-electron chi connectivity index (χ4n) is 2.66. The van der Waals surface area contributed by atoms with Crippen molar-refractivity contribution in [3.05, 3.63) is 11.8 Å². The fraction of sp³-hybridized carbons (Fsp3) is 0.556. The summed E-state index contributed by atoms with van der Waals surface area (Å²) >= 11 is 0. The summed E-state index contributed by atoms with van der Waals surface area (Å²) in [5.41, 5.74) is -0.360. The number of hydrogen-bond acceptors (Lipinski definition) is 6. The molecule has 0 aromatic heterocycles. The Morgan fingerprint density at radius 2 is 2.08 bits per heavy atom. The molecular weight excluding hydrogens is 336 g/mol. The number of carbonyl (C=O) groups excluding carboxylic acids is 2. The fourth-order valence-corrected chi connectivity index (χ4v) is 2.66. The first-order chi connectivity index (χ1) is 12.2. The number of terminal acetylenes is 1. The molecule has 0 aromatic carbocycles. The molecule has 0 aromatic rings. The van der Waals surface area contributed by atoms with Crippen LogP contribution >= 0.6 is 0 Å². The van der Waals surface area contributed by atoms with Crippen molar-refractivity contribution in [1.82, 2.24) is 10.2 Å². The Morgan fingerprint density at radius 3 is 2.58 bits per heavy atom. The molecule has 0 bridgehead atoms. The molecule has 1 aliphatic rings. The van der Waals surface area contributed by atoms with E-state index >= 15 is 0 Å². The average molecular weight is 360 g/mol. The molecule has 2 amide bonds. The van der Waals surface area contributed by atoms with Crippen LogP contribution in [-0.2, 0) is 14.3 Å². The van der Waals surface area contributed by atoms with E-state index in [2.05, 4.69) is 11.2 Å². The summed E-state index contributed by atoms with van der Waals surface area (Å²) in [4.78, 5) is 25.2. The molecule has 2 atom stereocenters. The van der Waals surface area contributed by atoms with Crippen molar-refractivity contribution >= 4 is 17.8 Å². The van der Waals surface area contributed by atoms with Crippen molar-refractivity contribution in [2.45, 2.75) is 27.7 Å². The zero-order chi connectivity index (χ0) is 19.9. The summed E-state index contributed by atoms with van der Waals surface area (Å²) in [6, 6.07) is 1.34. The van der Waals surface area contributed by atoms with Crippen molar-refractivity contribution in [2.75, 3.05) is 19.9 Å². The van der Waals surface area contributed by atoms with E-state index in [-0.39, 0.29) is 36.2 Å². The molecule has 1 aliphatic carbocycles. The van der Waals surface area contributed by atoms with Crippen LogP contribution in [0.4, 0.5) is 4.79 Å². The molecule has 0 radical (unpaired) electrons. The lowest BCUT2D eigenvalue weighted by Gasteiger charge is -2.19. The zero-order valence-electron chi connectivity index (χ0n) is 15.5. The van der Waals surface area contributed by atoms with Crippen LogP contribution in [0.25, 0.3) is 0 Å². The van der Waals surface area contributed by atoms with Crippen molar-refractivity contribution in [1.29, 1.82) is 10.7 Å². The third kappa shape index (κ3) is 5.00. The Morgan fingerprint density at radius 1 is 1.42 bits per heavy atom. The minimum absolute atomic E-state index is 0.0136. The van der Waals surface area contributed by atoms with Crippen LogP contribution in [0.15, 0.2) is 11.8 Å². The summed E-state index contributed by atoms with van der Waals surface area (Å²) in [5.74, 6) is 1.38. The van der Waals surface area contributed by atoms with E-state index in [4.69, 9.17) is 26.6 Å². The molecule has 0 saturated heterocycles. The molecule has 1 fully saturated rings. The van der Waals surface area contributed by atoms with E-state index in [1.54, 1.807) is 13.0 Å². The van der Waals surface area contributed by atoms with Crippen LogP contribution < -0.4 is 5.32 Å². The van der Waals surface area contributed by atoms with Gasteiger partial charge in [0.2, 0.25) is 0 Å². The minimum atomic E-state index is -0.613. The normalized spacial score (nSPS) is 20.2. The number of amidine groups is 1. The second-order valence-corrected chi connectivity index (χ2v) is 6.37. The number of ether oxygens (including phenoxy) is 2. The topological polar surface area (TPSA) is 116 Å². The monoisotopic (exact) mass is 360 g/mol. The molecule has 0 spiro atoms. The van der Waals surface area contributed by atoms with Gasteiger partial charge < -0.3 is 14.8 Å². The number of allylic oxidation sites excluding steroid dienone is 2. The van der Waals surface area contributed by atoms with Crippen LogP contribution in [0.2, 0.25) is 0 Å². The van der Waals surface area contributed by atoms with Gasteiger partial charge in [-0.2, -0.15) is 5.26 Å². The van der Waals surface area contributed by atoms with Gasteiger partial charge in [0, 0.05) is 5.92 Å². The van der Waals surface area contributed by atoms with Crippen molar-refractivity contribution < 1.29 is 19.1 Å². The quantitative estimate of drug-likeness (QED) is 0.137. The van der Waals surface area contributed by atoms with Gasteiger partial charge in [-0.15, -0.1) is 6.42 Å². The lowest BCUT2D eigenvalue weighted by molar-refractivity contribution is -0.146. The zero-order valence-corrected chi connectivity index (χ0v) is 15.5. The maximum atomic E-state index is 12.3. The van der Waals surface area contributed by atoms with Gasteiger partial charge in [0.15, 0.2) is 12.5 Å². The predicted octanol–water partition coefficient (Wildman–Crippen LogP) is 1.85. The van der Waals surface area contributed by atoms with Gasteiger partial charge in [-0.05, 0) is 25.3 Å². The number of carbonyl (C=O) groups is 2. The van der Waals surface area contributed by atoms with Gasteiger partial charge in [-0.3, -0.25) is 15.1 Å². The Hall–Kier alpha value is -3.00. The maximum absolute atomic E-state index is 12.3. The number of amides is 2. The van der Waals surface area contributed by atoms with E-state index in [0.29, 0.717) is 6.61 Å². The lowest BCUT2D eigenvalue weighted by atomic mass is 10.1. The molecular formula is C18H24N4O4. The summed E-state index contributed by atoms with van der Waals surface area (Å²) in [6.07, 6.45) is 6.80. The molecule has 0 aliphatic heterocycles. The summed E-state index contributed by atoms with van der Waals surface area (Å²) in [7, 11) is 0. The van der Waals surface area contributed by atoms with E-state index in [1.165, 1.54) is 6.92 Å². The third-order valence-electron chi connectivity index (χ3n) is 4.24. The first-order valence-corrected chi connectivity index (χ1v) is 8.16. The highest BCUT2D eigenvalue weighted by atomic mass is 16.5. The third-order valence-corrected chi connectivity index (χ3v) is 4.24. The summed E-state index contributed by atoms with van der Waals surface area (Å²) in [6.45, 7) is 6.99. The van der Waals surface area contributed by atoms with Crippen LogP contribution in [0.3, 0.4) is 0 Å². The molecule has 0 heterocycles. The van der Waals surface area contributed by atoms with Crippen LogP contribution in [-0.4, -0.2) is 42.6 Å². The van der Waals surface area contributed by atoms with Gasteiger partial charge in [0.05, 0.1) is 19.1 Å². The highest BCUT2D eigenvalue weighted by molar-refractivity contribution is 5.94. The van der Waals surface area contributed by atoms with E-state index < -0.39 is 17.9 Å². The first-order valence-electron chi connectivity index (χ1n) is 8.16. The molecule has 26 heavy (non-hydrogen) atoms. The van der Waals surface area contributed by atoms with E-state index in [9.17, 15) is 9.59 Å². The molecule has 8 heteroatoms. The molecule has 1 rings (SSSR count). The molecule has 0 unspecified atom stereocenters. The standard InChI is InChI=1S/C18H24N4O4/c1-6-8-22(12(3)20)17(24)21-11-26-16(23)15-14(18(15,4)5)9-13(10-19)25-7-2/h1,9,14-15,20H,7-8,11H2,2-5H3,(H,21,24)/b13-9+,20-12?/t14-,15+/m1/s1. The Labute approximate surface area is 153 Å². The van der Waals surface area contributed by atoms with Crippen molar-refractivity contribution in [3.63, 3.8) is 0 Å². The number of rotatable bonds is 7. The van der Waals surface area contributed by atoms with Gasteiger partial charge in [-0.1, -0.05) is 19.8 Å². The van der Waals surface area contributed by atoms with Gasteiger partial charge in [0.1, 0.15) is 11.9 Å².